The molecule has 25 heteroatoms. The normalized spacial score (nSPS) is 11.7. The van der Waals surface area contributed by atoms with Crippen molar-refractivity contribution in [2.45, 2.75) is 64.8 Å². The van der Waals surface area contributed by atoms with E-state index in [2.05, 4.69) is 31.9 Å². The number of amides is 4. The molecule has 4 amide bonds. The highest BCUT2D eigenvalue weighted by Gasteiger charge is 2.27. The Kier molecular flexibility index (Phi) is 28.2. The van der Waals surface area contributed by atoms with Crippen molar-refractivity contribution in [3.8, 4) is 46.0 Å². The Morgan fingerprint density at radius 3 is 1.10 bits per heavy atom. The van der Waals surface area contributed by atoms with Gasteiger partial charge in [0.25, 0.3) is 23.6 Å². The summed E-state index contributed by atoms with van der Waals surface area (Å²) in [6, 6.07) is 10.9. The molecule has 0 saturated heterocycles. The van der Waals surface area contributed by atoms with E-state index in [1.165, 1.54) is 83.9 Å². The van der Waals surface area contributed by atoms with E-state index < -0.39 is 75.7 Å². The van der Waals surface area contributed by atoms with E-state index in [1.54, 1.807) is 0 Å². The maximum atomic E-state index is 13.7. The standard InChI is InChI=1S/C56H80N8O17/c1-35(65)44(64(34-39-13-17-43(52(73)48(39)69)56(77)62-23-30-81-5)26-8-19-58-32-37-11-15-41(50(71)46(37)67)54(75)60-21-28-79-3)9-6-24-63(33-38-12-16-42(51(72)47(38)68)55(76)61-22-29-80-4)25-7-18-57-31-36-10-14-40(49(70)45(36)66)53(74)59-20-27-78-2/h10-17,44,57-58,66-73H,6-9,18-34H2,1-5H3,(H,59,74)(H,60,75)(H,61,76)(H,62,77). The second-order valence-corrected chi connectivity index (χ2v) is 18.9. The first-order chi connectivity index (χ1) is 38.9. The molecule has 25 nitrogen and oxygen atoms in total. The lowest BCUT2D eigenvalue weighted by Crippen LogP contribution is -2.41. The van der Waals surface area contributed by atoms with E-state index in [4.69, 9.17) is 18.9 Å². The number of carbonyl (C=O) groups excluding carboxylic acids is 5. The van der Waals surface area contributed by atoms with Gasteiger partial charge in [0.05, 0.1) is 54.7 Å². The molecule has 0 saturated carbocycles. The quantitative estimate of drug-likeness (QED) is 0.0226. The highest BCUT2D eigenvalue weighted by atomic mass is 16.5. The van der Waals surface area contributed by atoms with Crippen molar-refractivity contribution in [3.63, 3.8) is 0 Å². The molecule has 4 aromatic carbocycles. The average molecular weight is 1140 g/mol. The van der Waals surface area contributed by atoms with Gasteiger partial charge in [0, 0.05) is 110 Å². The molecule has 0 spiro atoms. The lowest BCUT2D eigenvalue weighted by atomic mass is 10.0. The van der Waals surface area contributed by atoms with Crippen molar-refractivity contribution in [2.75, 3.05) is 114 Å². The number of hydrogen-bond acceptors (Lipinski definition) is 21. The van der Waals surface area contributed by atoms with Crippen molar-refractivity contribution in [2.24, 2.45) is 0 Å². The number of hydrogen-bond donors (Lipinski definition) is 14. The minimum absolute atomic E-state index is 0.0383. The SMILES string of the molecule is COCCNC(=O)c1ccc(CNCCCN(CCCC(C(C)=O)N(CCCNCc2ccc(C(=O)NCCOC)c(O)c2O)Cc2ccc(C(=O)NCCOC)c(O)c2O)Cc2ccc(C(=O)NCCOC)c(O)c2O)c(O)c1O. The van der Waals surface area contributed by atoms with Crippen LogP contribution in [0.4, 0.5) is 0 Å². The first-order valence-electron chi connectivity index (χ1n) is 26.5. The predicted octanol–water partition coefficient (Wildman–Crippen LogP) is 2.24. The fourth-order valence-electron chi connectivity index (χ4n) is 8.71. The van der Waals surface area contributed by atoms with Crippen molar-refractivity contribution in [1.82, 2.24) is 41.7 Å². The van der Waals surface area contributed by atoms with E-state index in [0.717, 1.165) is 0 Å². The molecule has 0 aliphatic rings. The van der Waals surface area contributed by atoms with Crippen LogP contribution in [0.2, 0.25) is 0 Å². The highest BCUT2D eigenvalue weighted by molar-refractivity contribution is 5.99. The van der Waals surface area contributed by atoms with Gasteiger partial charge in [-0.15, -0.1) is 0 Å². The Hall–Kier alpha value is -7.49. The van der Waals surface area contributed by atoms with Gasteiger partial charge in [-0.25, -0.2) is 0 Å². The summed E-state index contributed by atoms with van der Waals surface area (Å²) in [6.07, 6.45) is 1.60. The third kappa shape index (κ3) is 19.9. The molecule has 0 aliphatic heterocycles. The minimum Gasteiger partial charge on any atom is -0.504 e. The lowest BCUT2D eigenvalue weighted by molar-refractivity contribution is -0.122. The molecular weight excluding hydrogens is 1060 g/mol. The van der Waals surface area contributed by atoms with Gasteiger partial charge in [-0.3, -0.25) is 33.8 Å². The Balaban J connectivity index is 1.55. The number of aromatic hydroxyl groups is 8. The number of rotatable bonds is 38. The van der Waals surface area contributed by atoms with Crippen LogP contribution in [-0.2, 0) is 49.9 Å². The van der Waals surface area contributed by atoms with Crippen LogP contribution in [0.1, 0.15) is 96.3 Å². The molecule has 0 fully saturated rings. The zero-order valence-corrected chi connectivity index (χ0v) is 46.7. The van der Waals surface area contributed by atoms with Gasteiger partial charge < -0.3 is 91.7 Å². The summed E-state index contributed by atoms with van der Waals surface area (Å²) in [5.74, 6) is -6.96. The van der Waals surface area contributed by atoms with Crippen molar-refractivity contribution >= 4 is 29.4 Å². The van der Waals surface area contributed by atoms with Gasteiger partial charge in [-0.05, 0) is 83.1 Å². The van der Waals surface area contributed by atoms with Gasteiger partial charge in [-0.1, -0.05) is 24.3 Å². The van der Waals surface area contributed by atoms with Crippen LogP contribution in [0.15, 0.2) is 48.5 Å². The number of phenols is 8. The molecule has 1 atom stereocenters. The number of ether oxygens (including phenoxy) is 4. The summed E-state index contributed by atoms with van der Waals surface area (Å²) in [6.45, 7) is 5.18. The van der Waals surface area contributed by atoms with Crippen LogP contribution >= 0.6 is 0 Å². The largest absolute Gasteiger partial charge is 0.504 e. The number of nitrogens with one attached hydrogen (secondary N) is 6. The van der Waals surface area contributed by atoms with Gasteiger partial charge >= 0.3 is 0 Å². The van der Waals surface area contributed by atoms with Crippen LogP contribution in [0.3, 0.4) is 0 Å². The summed E-state index contributed by atoms with van der Waals surface area (Å²) in [5, 5.41) is 104. The molecule has 4 aromatic rings. The zero-order chi connectivity index (χ0) is 59.4. The minimum atomic E-state index is -0.754. The maximum absolute atomic E-state index is 13.7. The number of ketones is 1. The molecule has 0 bridgehead atoms. The van der Waals surface area contributed by atoms with E-state index in [-0.39, 0.29) is 125 Å². The molecule has 14 N–H and O–H groups in total. The van der Waals surface area contributed by atoms with Gasteiger partial charge in [0.1, 0.15) is 5.78 Å². The molecule has 0 heterocycles. The Bertz CT molecular complexity index is 2710. The van der Waals surface area contributed by atoms with Crippen LogP contribution in [0.5, 0.6) is 46.0 Å². The summed E-state index contributed by atoms with van der Waals surface area (Å²) >= 11 is 0. The number of phenolic OH excluding ortho intramolecular Hbond substituents is 8. The first kappa shape index (κ1) is 66.0. The summed E-state index contributed by atoms with van der Waals surface area (Å²) in [5.41, 5.74) is 0.694. The zero-order valence-electron chi connectivity index (χ0n) is 46.7. The average Bonchev–Trinajstić information content (AvgIpc) is 3.46. The van der Waals surface area contributed by atoms with E-state index in [9.17, 15) is 64.8 Å². The number of nitrogens with zero attached hydrogens (tertiary/aromatic N) is 2. The predicted molar refractivity (Wildman–Crippen MR) is 298 cm³/mol. The summed E-state index contributed by atoms with van der Waals surface area (Å²) in [4.78, 5) is 68.4. The van der Waals surface area contributed by atoms with Gasteiger partial charge in [-0.2, -0.15) is 0 Å². The van der Waals surface area contributed by atoms with E-state index in [1.807, 2.05) is 9.80 Å². The Labute approximate surface area is 471 Å². The molecular formula is C56H80N8O17. The van der Waals surface area contributed by atoms with Crippen molar-refractivity contribution in [1.29, 1.82) is 0 Å². The van der Waals surface area contributed by atoms with Crippen LogP contribution < -0.4 is 31.9 Å². The molecule has 1 unspecified atom stereocenters. The summed E-state index contributed by atoms with van der Waals surface area (Å²) < 4.78 is 19.9. The highest BCUT2D eigenvalue weighted by Crippen LogP contribution is 2.37. The first-order valence-corrected chi connectivity index (χ1v) is 26.5. The molecule has 0 radical (unpaired) electrons. The third-order valence-corrected chi connectivity index (χ3v) is 13.2. The van der Waals surface area contributed by atoms with Crippen molar-refractivity contribution < 1.29 is 83.8 Å². The Morgan fingerprint density at radius 1 is 0.420 bits per heavy atom. The lowest BCUT2D eigenvalue weighted by Gasteiger charge is -2.31. The monoisotopic (exact) mass is 1140 g/mol. The number of carbonyl (C=O) groups is 5. The van der Waals surface area contributed by atoms with Crippen LogP contribution in [0, 0.1) is 0 Å². The fraction of sp³-hybridized carbons (Fsp3) is 0.482. The fourth-order valence-corrected chi connectivity index (χ4v) is 8.71. The molecule has 446 valence electrons. The number of Topliss-reactive ketones (excluding diaryl/α,β-unsaturated/α-hetero) is 1. The molecule has 4 rings (SSSR count). The van der Waals surface area contributed by atoms with E-state index in [0.29, 0.717) is 62.1 Å². The van der Waals surface area contributed by atoms with Gasteiger partial charge in [0.2, 0.25) is 0 Å². The molecule has 0 aliphatic carbocycles. The van der Waals surface area contributed by atoms with Crippen molar-refractivity contribution in [3.05, 3.63) is 93.0 Å². The molecule has 81 heavy (non-hydrogen) atoms. The topological polar surface area (TPSA) is 363 Å². The van der Waals surface area contributed by atoms with E-state index >= 15 is 0 Å². The number of methoxy groups -OCH3 is 4. The summed E-state index contributed by atoms with van der Waals surface area (Å²) in [7, 11) is 5.91. The van der Waals surface area contributed by atoms with Crippen LogP contribution in [-0.4, -0.2) is 200 Å². The molecule has 0 aromatic heterocycles. The van der Waals surface area contributed by atoms with Gasteiger partial charge in [0.15, 0.2) is 46.0 Å². The second kappa shape index (κ2) is 34.6. The maximum Gasteiger partial charge on any atom is 0.255 e. The Morgan fingerprint density at radius 2 is 0.741 bits per heavy atom. The smallest absolute Gasteiger partial charge is 0.255 e. The third-order valence-electron chi connectivity index (χ3n) is 13.2. The number of benzene rings is 4. The van der Waals surface area contributed by atoms with Crippen LogP contribution in [0.25, 0.3) is 0 Å². The second-order valence-electron chi connectivity index (χ2n) is 18.9.